The van der Waals surface area contributed by atoms with Crippen molar-refractivity contribution in [3.8, 4) is 11.4 Å². The fourth-order valence-corrected chi connectivity index (χ4v) is 3.58. The zero-order valence-electron chi connectivity index (χ0n) is 14.4. The second-order valence-electron chi connectivity index (χ2n) is 6.25. The van der Waals surface area contributed by atoms with Crippen LogP contribution in [0.15, 0.2) is 35.5 Å². The molecule has 0 radical (unpaired) electrons. The Morgan fingerprint density at radius 1 is 1.29 bits per heavy atom. The van der Waals surface area contributed by atoms with Crippen molar-refractivity contribution in [1.29, 1.82) is 0 Å². The molecule has 2 heterocycles. The number of thiazole rings is 1. The van der Waals surface area contributed by atoms with Crippen LogP contribution in [0.1, 0.15) is 31.6 Å². The summed E-state index contributed by atoms with van der Waals surface area (Å²) in [6.45, 7) is 7.65. The summed E-state index contributed by atoms with van der Waals surface area (Å²) in [4.78, 5) is 20.3. The lowest BCUT2D eigenvalue weighted by atomic mass is 10.3. The average molecular weight is 345 g/mol. The van der Waals surface area contributed by atoms with Crippen LogP contribution in [-0.4, -0.2) is 34.7 Å². The maximum Gasteiger partial charge on any atom is 0.346 e. The van der Waals surface area contributed by atoms with Crippen LogP contribution in [0.5, 0.6) is 5.75 Å². The molecule has 3 rings (SSSR count). The number of carbonyl (C=O) groups excluding carboxylic acids is 1. The number of hydrogen-bond acceptors (Lipinski definition) is 3. The molecule has 0 atom stereocenters. The average Bonchev–Trinajstić information content (AvgIpc) is 3.16. The highest BCUT2D eigenvalue weighted by molar-refractivity contribution is 7.09. The lowest BCUT2D eigenvalue weighted by Gasteiger charge is -2.12. The van der Waals surface area contributed by atoms with Gasteiger partial charge in [-0.15, -0.1) is 11.3 Å². The Morgan fingerprint density at radius 3 is 2.75 bits per heavy atom. The van der Waals surface area contributed by atoms with Gasteiger partial charge in [0.2, 0.25) is 0 Å². The van der Waals surface area contributed by atoms with Crippen LogP contribution >= 0.6 is 11.3 Å². The van der Waals surface area contributed by atoms with Crippen LogP contribution < -0.4 is 9.54 Å². The number of aromatic nitrogens is 1. The van der Waals surface area contributed by atoms with Gasteiger partial charge in [0.1, 0.15) is 5.75 Å². The Hall–Kier alpha value is -2.08. The maximum absolute atomic E-state index is 12.3. The first-order chi connectivity index (χ1) is 11.5. The van der Waals surface area contributed by atoms with Crippen LogP contribution in [0.25, 0.3) is 5.69 Å². The highest BCUT2D eigenvalue weighted by atomic mass is 32.1. The third-order valence-corrected chi connectivity index (χ3v) is 4.70. The van der Waals surface area contributed by atoms with Crippen LogP contribution in [0.4, 0.5) is 4.79 Å². The number of ether oxygens (including phenoxy) is 1. The molecule has 0 aliphatic carbocycles. The number of amides is 2. The number of hydrogen-bond donors (Lipinski definition) is 0. The monoisotopic (exact) mass is 345 g/mol. The van der Waals surface area contributed by atoms with Crippen molar-refractivity contribution in [2.24, 2.45) is 4.99 Å². The van der Waals surface area contributed by atoms with E-state index in [0.29, 0.717) is 4.80 Å². The van der Waals surface area contributed by atoms with Gasteiger partial charge in [0.25, 0.3) is 0 Å². The number of urea groups is 1. The first-order valence-electron chi connectivity index (χ1n) is 8.33. The van der Waals surface area contributed by atoms with Gasteiger partial charge in [-0.1, -0.05) is 6.07 Å². The second-order valence-corrected chi connectivity index (χ2v) is 7.46. The van der Waals surface area contributed by atoms with Crippen LogP contribution in [0.2, 0.25) is 0 Å². The van der Waals surface area contributed by atoms with E-state index in [1.807, 2.05) is 60.7 Å². The van der Waals surface area contributed by atoms with Gasteiger partial charge in [0.05, 0.1) is 11.8 Å². The fourth-order valence-electron chi connectivity index (χ4n) is 2.76. The number of likely N-dealkylation sites (tertiary alicyclic amines) is 1. The molecule has 0 saturated carbocycles. The molecule has 2 amide bonds. The van der Waals surface area contributed by atoms with Gasteiger partial charge < -0.3 is 9.64 Å². The summed E-state index contributed by atoms with van der Waals surface area (Å²) < 4.78 is 7.73. The zero-order chi connectivity index (χ0) is 17.1. The lowest BCUT2D eigenvalue weighted by Crippen LogP contribution is -2.27. The van der Waals surface area contributed by atoms with E-state index in [-0.39, 0.29) is 12.1 Å². The van der Waals surface area contributed by atoms with E-state index in [2.05, 4.69) is 4.99 Å². The predicted octanol–water partition coefficient (Wildman–Crippen LogP) is 3.75. The number of carbonyl (C=O) groups is 1. The van der Waals surface area contributed by atoms with Gasteiger partial charge in [-0.05, 0) is 45.7 Å². The van der Waals surface area contributed by atoms with Crippen molar-refractivity contribution in [1.82, 2.24) is 9.47 Å². The van der Waals surface area contributed by atoms with Crippen molar-refractivity contribution >= 4 is 17.4 Å². The summed E-state index contributed by atoms with van der Waals surface area (Å²) in [5.74, 6) is 0.815. The Labute approximate surface area is 146 Å². The summed E-state index contributed by atoms with van der Waals surface area (Å²) in [5, 5.41) is 0. The third-order valence-electron chi connectivity index (χ3n) is 3.80. The van der Waals surface area contributed by atoms with E-state index >= 15 is 0 Å². The minimum Gasteiger partial charge on any atom is -0.491 e. The molecule has 24 heavy (non-hydrogen) atoms. The van der Waals surface area contributed by atoms with Crippen LogP contribution in [0.3, 0.4) is 0 Å². The SMILES string of the molecule is Cc1cn(-c2cccc(OC(C)C)c2)/c(=N/C(=O)N2CCCC2)s1. The van der Waals surface area contributed by atoms with Crippen molar-refractivity contribution in [3.63, 3.8) is 0 Å². The minimum absolute atomic E-state index is 0.121. The molecule has 1 aromatic heterocycles. The minimum atomic E-state index is -0.141. The van der Waals surface area contributed by atoms with Gasteiger partial charge in [-0.25, -0.2) is 4.79 Å². The Bertz CT molecular complexity index is 786. The summed E-state index contributed by atoms with van der Waals surface area (Å²) in [6, 6.07) is 7.73. The highest BCUT2D eigenvalue weighted by Crippen LogP contribution is 2.18. The summed E-state index contributed by atoms with van der Waals surface area (Å²) in [6.07, 6.45) is 4.27. The van der Waals surface area contributed by atoms with Gasteiger partial charge in [-0.2, -0.15) is 4.99 Å². The van der Waals surface area contributed by atoms with Crippen molar-refractivity contribution < 1.29 is 9.53 Å². The molecule has 0 N–H and O–H groups in total. The molecule has 0 bridgehead atoms. The molecule has 1 fully saturated rings. The third kappa shape index (κ3) is 3.87. The molecule has 0 spiro atoms. The molecule has 0 unspecified atom stereocenters. The van der Waals surface area contributed by atoms with Crippen molar-refractivity contribution in [3.05, 3.63) is 40.1 Å². The lowest BCUT2D eigenvalue weighted by molar-refractivity contribution is 0.218. The zero-order valence-corrected chi connectivity index (χ0v) is 15.2. The van der Waals surface area contributed by atoms with Crippen molar-refractivity contribution in [2.75, 3.05) is 13.1 Å². The van der Waals surface area contributed by atoms with E-state index in [1.165, 1.54) is 11.3 Å². The number of aryl methyl sites for hydroxylation is 1. The van der Waals surface area contributed by atoms with E-state index in [9.17, 15) is 4.79 Å². The summed E-state index contributed by atoms with van der Waals surface area (Å²) in [7, 11) is 0. The molecular weight excluding hydrogens is 322 g/mol. The molecule has 1 saturated heterocycles. The molecule has 128 valence electrons. The van der Waals surface area contributed by atoms with Gasteiger partial charge in [0, 0.05) is 30.2 Å². The van der Waals surface area contributed by atoms with E-state index in [1.54, 1.807) is 0 Å². The Morgan fingerprint density at radius 2 is 2.04 bits per heavy atom. The standard InChI is InChI=1S/C18H23N3O2S/c1-13(2)23-16-8-6-7-15(11-16)21-12-14(3)24-18(21)19-17(22)20-9-4-5-10-20/h6-8,11-13H,4-5,9-10H2,1-3H3/b19-18-. The van der Waals surface area contributed by atoms with Gasteiger partial charge in [0.15, 0.2) is 4.80 Å². The maximum atomic E-state index is 12.3. The number of nitrogens with zero attached hydrogens (tertiary/aromatic N) is 3. The topological polar surface area (TPSA) is 46.8 Å². The molecule has 2 aromatic rings. The normalized spacial score (nSPS) is 15.3. The largest absolute Gasteiger partial charge is 0.491 e. The van der Waals surface area contributed by atoms with Gasteiger partial charge in [-0.3, -0.25) is 4.57 Å². The number of rotatable bonds is 3. The summed E-state index contributed by atoms with van der Waals surface area (Å²) >= 11 is 1.52. The molecule has 6 heteroatoms. The highest BCUT2D eigenvalue weighted by Gasteiger charge is 2.17. The van der Waals surface area contributed by atoms with E-state index in [4.69, 9.17) is 4.74 Å². The molecule has 1 aromatic carbocycles. The molecule has 1 aliphatic rings. The van der Waals surface area contributed by atoms with E-state index in [0.717, 1.165) is 42.2 Å². The molecule has 5 nitrogen and oxygen atoms in total. The first-order valence-corrected chi connectivity index (χ1v) is 9.14. The van der Waals surface area contributed by atoms with Crippen LogP contribution in [0, 0.1) is 6.92 Å². The second kappa shape index (κ2) is 7.21. The van der Waals surface area contributed by atoms with Gasteiger partial charge >= 0.3 is 6.03 Å². The Kier molecular flexibility index (Phi) is 5.04. The quantitative estimate of drug-likeness (QED) is 0.850. The van der Waals surface area contributed by atoms with Crippen LogP contribution in [-0.2, 0) is 0 Å². The molecule has 1 aliphatic heterocycles. The van der Waals surface area contributed by atoms with E-state index < -0.39 is 0 Å². The predicted molar refractivity (Wildman–Crippen MR) is 95.9 cm³/mol. The summed E-state index contributed by atoms with van der Waals surface area (Å²) in [5.41, 5.74) is 0.950. The molecular formula is C18H23N3O2S. The number of benzene rings is 1. The van der Waals surface area contributed by atoms with Crippen molar-refractivity contribution in [2.45, 2.75) is 39.7 Å². The smallest absolute Gasteiger partial charge is 0.346 e. The fraction of sp³-hybridized carbons (Fsp3) is 0.444. The first kappa shape index (κ1) is 16.8. The Balaban J connectivity index is 1.95.